The second-order valence-corrected chi connectivity index (χ2v) is 5.50. The molecule has 0 radical (unpaired) electrons. The molecule has 92 valence electrons. The van der Waals surface area contributed by atoms with Crippen LogP contribution in [0, 0.1) is 18.3 Å². The smallest absolute Gasteiger partial charge is 0.132 e. The summed E-state index contributed by atoms with van der Waals surface area (Å²) in [5.41, 5.74) is 0.486. The Morgan fingerprint density at radius 1 is 1.50 bits per heavy atom. The summed E-state index contributed by atoms with van der Waals surface area (Å²) in [5, 5.41) is 13.3. The Bertz CT molecular complexity index is 602. The summed E-state index contributed by atoms with van der Waals surface area (Å²) >= 11 is 7.48. The normalized spacial score (nSPS) is 11.9. The first-order valence-corrected chi connectivity index (χ1v) is 6.54. The van der Waals surface area contributed by atoms with Gasteiger partial charge in [-0.05, 0) is 26.0 Å². The number of nitrogens with zero attached hydrogens (tertiary/aromatic N) is 3. The van der Waals surface area contributed by atoms with Crippen molar-refractivity contribution < 1.29 is 0 Å². The number of pyridine rings is 1. The number of halogens is 1. The lowest BCUT2D eigenvalue weighted by atomic mass is 10.2. The molecule has 1 atom stereocenters. The van der Waals surface area contributed by atoms with Crippen LogP contribution in [-0.2, 0) is 0 Å². The van der Waals surface area contributed by atoms with Crippen LogP contribution in [0.2, 0.25) is 5.15 Å². The quantitative estimate of drug-likeness (QED) is 0.872. The van der Waals surface area contributed by atoms with E-state index >= 15 is 0 Å². The highest BCUT2D eigenvalue weighted by Crippen LogP contribution is 2.23. The standard InChI is InChI=1S/C12H11ClN4S/c1-7-6-15-12(18-7)8(2)16-11-4-9(5-14)3-10(13)17-11/h3-4,6,8H,1-2H3,(H,16,17). The number of anilines is 1. The second kappa shape index (κ2) is 5.34. The van der Waals surface area contributed by atoms with Crippen molar-refractivity contribution in [2.45, 2.75) is 19.9 Å². The van der Waals surface area contributed by atoms with Crippen LogP contribution >= 0.6 is 22.9 Å². The Morgan fingerprint density at radius 2 is 2.28 bits per heavy atom. The van der Waals surface area contributed by atoms with Gasteiger partial charge in [0, 0.05) is 11.1 Å². The van der Waals surface area contributed by atoms with Crippen LogP contribution in [0.25, 0.3) is 0 Å². The second-order valence-electron chi connectivity index (χ2n) is 3.85. The van der Waals surface area contributed by atoms with E-state index in [1.54, 1.807) is 17.4 Å². The third-order valence-electron chi connectivity index (χ3n) is 2.30. The molecule has 0 saturated carbocycles. The Kier molecular flexibility index (Phi) is 3.80. The van der Waals surface area contributed by atoms with Gasteiger partial charge in [0.2, 0.25) is 0 Å². The lowest BCUT2D eigenvalue weighted by molar-refractivity contribution is 0.860. The first kappa shape index (κ1) is 12.8. The fourth-order valence-electron chi connectivity index (χ4n) is 1.49. The van der Waals surface area contributed by atoms with E-state index in [-0.39, 0.29) is 6.04 Å². The van der Waals surface area contributed by atoms with E-state index in [1.807, 2.05) is 26.1 Å². The summed E-state index contributed by atoms with van der Waals surface area (Å²) in [6.07, 6.45) is 1.84. The predicted octanol–water partition coefficient (Wildman–Crippen LogP) is 3.54. The molecule has 0 aliphatic carbocycles. The molecule has 0 bridgehead atoms. The molecule has 0 amide bonds. The molecule has 0 fully saturated rings. The van der Waals surface area contributed by atoms with Gasteiger partial charge in [-0.1, -0.05) is 11.6 Å². The Morgan fingerprint density at radius 3 is 2.89 bits per heavy atom. The zero-order valence-corrected chi connectivity index (χ0v) is 11.5. The van der Waals surface area contributed by atoms with Gasteiger partial charge in [0.1, 0.15) is 16.0 Å². The Labute approximate surface area is 114 Å². The minimum Gasteiger partial charge on any atom is -0.361 e. The molecule has 1 N–H and O–H groups in total. The average molecular weight is 279 g/mol. The first-order chi connectivity index (χ1) is 8.58. The third-order valence-corrected chi connectivity index (χ3v) is 3.59. The Balaban J connectivity index is 2.19. The molecule has 0 aliphatic rings. The summed E-state index contributed by atoms with van der Waals surface area (Å²) in [7, 11) is 0. The van der Waals surface area contributed by atoms with E-state index in [2.05, 4.69) is 15.3 Å². The van der Waals surface area contributed by atoms with E-state index < -0.39 is 0 Å². The maximum Gasteiger partial charge on any atom is 0.132 e. The highest BCUT2D eigenvalue weighted by Gasteiger charge is 2.10. The lowest BCUT2D eigenvalue weighted by Crippen LogP contribution is -2.07. The first-order valence-electron chi connectivity index (χ1n) is 5.35. The third kappa shape index (κ3) is 2.97. The van der Waals surface area contributed by atoms with E-state index in [1.165, 1.54) is 6.07 Å². The largest absolute Gasteiger partial charge is 0.361 e. The van der Waals surface area contributed by atoms with Crippen molar-refractivity contribution in [3.05, 3.63) is 38.9 Å². The molecule has 6 heteroatoms. The molecule has 18 heavy (non-hydrogen) atoms. The fourth-order valence-corrected chi connectivity index (χ4v) is 2.48. The fraction of sp³-hybridized carbons (Fsp3) is 0.250. The topological polar surface area (TPSA) is 61.6 Å². The van der Waals surface area contributed by atoms with Crippen LogP contribution in [0.1, 0.15) is 28.4 Å². The molecule has 0 saturated heterocycles. The van der Waals surface area contributed by atoms with Crippen molar-refractivity contribution in [1.29, 1.82) is 5.26 Å². The molecular formula is C12H11ClN4S. The van der Waals surface area contributed by atoms with Crippen molar-refractivity contribution in [3.8, 4) is 6.07 Å². The van der Waals surface area contributed by atoms with Gasteiger partial charge < -0.3 is 5.32 Å². The minimum atomic E-state index is 0.0289. The van der Waals surface area contributed by atoms with E-state index in [9.17, 15) is 0 Å². The van der Waals surface area contributed by atoms with Gasteiger partial charge in [0.15, 0.2) is 0 Å². The van der Waals surface area contributed by atoms with Gasteiger partial charge in [0.05, 0.1) is 17.7 Å². The number of nitriles is 1. The van der Waals surface area contributed by atoms with E-state index in [4.69, 9.17) is 16.9 Å². The number of hydrogen-bond donors (Lipinski definition) is 1. The van der Waals surface area contributed by atoms with Gasteiger partial charge in [-0.25, -0.2) is 9.97 Å². The number of rotatable bonds is 3. The van der Waals surface area contributed by atoms with Crippen molar-refractivity contribution >= 4 is 28.8 Å². The predicted molar refractivity (Wildman–Crippen MR) is 72.9 cm³/mol. The van der Waals surface area contributed by atoms with Crippen LogP contribution < -0.4 is 5.32 Å². The maximum absolute atomic E-state index is 8.87. The van der Waals surface area contributed by atoms with Crippen LogP contribution in [0.3, 0.4) is 0 Å². The summed E-state index contributed by atoms with van der Waals surface area (Å²) in [5.74, 6) is 0.583. The SMILES string of the molecule is Cc1cnc(C(C)Nc2cc(C#N)cc(Cl)n2)s1. The van der Waals surface area contributed by atoms with Gasteiger partial charge in [-0.3, -0.25) is 0 Å². The van der Waals surface area contributed by atoms with Gasteiger partial charge >= 0.3 is 0 Å². The molecule has 2 aromatic heterocycles. The molecule has 1 unspecified atom stereocenters. The number of hydrogen-bond acceptors (Lipinski definition) is 5. The van der Waals surface area contributed by atoms with Crippen molar-refractivity contribution in [2.24, 2.45) is 0 Å². The molecule has 0 aromatic carbocycles. The summed E-state index contributed by atoms with van der Waals surface area (Å²) in [4.78, 5) is 9.60. The summed E-state index contributed by atoms with van der Waals surface area (Å²) < 4.78 is 0. The van der Waals surface area contributed by atoms with Gasteiger partial charge in [-0.15, -0.1) is 11.3 Å². The van der Waals surface area contributed by atoms with Crippen molar-refractivity contribution in [2.75, 3.05) is 5.32 Å². The van der Waals surface area contributed by atoms with Gasteiger partial charge in [0.25, 0.3) is 0 Å². The highest BCUT2D eigenvalue weighted by atomic mass is 35.5. The number of aromatic nitrogens is 2. The van der Waals surface area contributed by atoms with Crippen LogP contribution in [0.15, 0.2) is 18.3 Å². The maximum atomic E-state index is 8.87. The molecule has 2 heterocycles. The highest BCUT2D eigenvalue weighted by molar-refractivity contribution is 7.11. The minimum absolute atomic E-state index is 0.0289. The lowest BCUT2D eigenvalue weighted by Gasteiger charge is -2.12. The zero-order valence-electron chi connectivity index (χ0n) is 9.94. The van der Waals surface area contributed by atoms with Crippen molar-refractivity contribution in [1.82, 2.24) is 9.97 Å². The molecule has 2 aromatic rings. The van der Waals surface area contributed by atoms with Gasteiger partial charge in [-0.2, -0.15) is 5.26 Å². The van der Waals surface area contributed by atoms with Crippen LogP contribution in [-0.4, -0.2) is 9.97 Å². The van der Waals surface area contributed by atoms with Crippen LogP contribution in [0.4, 0.5) is 5.82 Å². The van der Waals surface area contributed by atoms with E-state index in [0.717, 1.165) is 9.88 Å². The zero-order chi connectivity index (χ0) is 13.1. The molecule has 4 nitrogen and oxygen atoms in total. The molecule has 0 spiro atoms. The monoisotopic (exact) mass is 278 g/mol. The molecule has 0 aliphatic heterocycles. The summed E-state index contributed by atoms with van der Waals surface area (Å²) in [6, 6.07) is 5.28. The molecular weight excluding hydrogens is 268 g/mol. The van der Waals surface area contributed by atoms with Crippen LogP contribution in [0.5, 0.6) is 0 Å². The van der Waals surface area contributed by atoms with Crippen molar-refractivity contribution in [3.63, 3.8) is 0 Å². The average Bonchev–Trinajstić information content (AvgIpc) is 2.75. The summed E-state index contributed by atoms with van der Waals surface area (Å²) in [6.45, 7) is 4.01. The number of nitrogens with one attached hydrogen (secondary N) is 1. The van der Waals surface area contributed by atoms with E-state index in [0.29, 0.717) is 16.5 Å². The molecule has 2 rings (SSSR count). The number of thiazole rings is 1. The Hall–Kier alpha value is -1.64. The number of aryl methyl sites for hydroxylation is 1.